The number of nitrogens with zero attached hydrogens (tertiary/aromatic N) is 1. The number of benzene rings is 1. The van der Waals surface area contributed by atoms with Crippen molar-refractivity contribution in [2.75, 3.05) is 14.1 Å². The van der Waals surface area contributed by atoms with Gasteiger partial charge in [-0.3, -0.25) is 9.69 Å². The van der Waals surface area contributed by atoms with Crippen LogP contribution in [0.15, 0.2) is 24.3 Å². The second kappa shape index (κ2) is 5.79. The quantitative estimate of drug-likeness (QED) is 0.845. The number of Topliss-reactive ketones (excluding diaryl/α,β-unsaturated/α-hetero) is 1. The predicted octanol–water partition coefficient (Wildman–Crippen LogP) is 3.69. The molecular formula is C16H20F3NO. The van der Waals surface area contributed by atoms with Crippen LogP contribution in [0.1, 0.15) is 36.8 Å². The highest BCUT2D eigenvalue weighted by atomic mass is 19.4. The average Bonchev–Trinajstić information content (AvgIpc) is 2.88. The topological polar surface area (TPSA) is 20.3 Å². The molecule has 2 nitrogen and oxygen atoms in total. The van der Waals surface area contributed by atoms with Crippen molar-refractivity contribution in [3.05, 3.63) is 35.4 Å². The number of hydrogen-bond acceptors (Lipinski definition) is 2. The maximum atomic E-state index is 12.7. The number of likely N-dealkylation sites (N-methyl/N-ethyl adjacent to an activating group) is 1. The minimum Gasteiger partial charge on any atom is -0.297 e. The molecular weight excluding hydrogens is 279 g/mol. The van der Waals surface area contributed by atoms with Crippen LogP contribution in [0.3, 0.4) is 0 Å². The fourth-order valence-corrected chi connectivity index (χ4v) is 3.14. The molecule has 0 amide bonds. The maximum absolute atomic E-state index is 12.7. The van der Waals surface area contributed by atoms with Gasteiger partial charge in [0.1, 0.15) is 0 Å². The van der Waals surface area contributed by atoms with Crippen molar-refractivity contribution in [1.82, 2.24) is 4.90 Å². The fraction of sp³-hybridized carbons (Fsp3) is 0.562. The molecule has 0 spiro atoms. The molecule has 1 aliphatic carbocycles. The second-order valence-electron chi connectivity index (χ2n) is 5.93. The van der Waals surface area contributed by atoms with Crippen LogP contribution in [0.5, 0.6) is 0 Å². The first kappa shape index (κ1) is 16.0. The Labute approximate surface area is 122 Å². The van der Waals surface area contributed by atoms with Gasteiger partial charge in [0.05, 0.1) is 11.1 Å². The first-order chi connectivity index (χ1) is 9.75. The Balaban J connectivity index is 2.20. The molecule has 0 heterocycles. The average molecular weight is 299 g/mol. The van der Waals surface area contributed by atoms with Gasteiger partial charge in [0.2, 0.25) is 0 Å². The van der Waals surface area contributed by atoms with Gasteiger partial charge in [-0.25, -0.2) is 0 Å². The van der Waals surface area contributed by atoms with Gasteiger partial charge >= 0.3 is 6.18 Å². The maximum Gasteiger partial charge on any atom is 0.416 e. The summed E-state index contributed by atoms with van der Waals surface area (Å²) in [4.78, 5) is 14.5. The van der Waals surface area contributed by atoms with Crippen molar-refractivity contribution in [3.63, 3.8) is 0 Å². The van der Waals surface area contributed by atoms with Gasteiger partial charge in [-0.2, -0.15) is 13.2 Å². The van der Waals surface area contributed by atoms with Gasteiger partial charge in [0.25, 0.3) is 0 Å². The summed E-state index contributed by atoms with van der Waals surface area (Å²) >= 11 is 0. The van der Waals surface area contributed by atoms with E-state index in [0.717, 1.165) is 37.8 Å². The summed E-state index contributed by atoms with van der Waals surface area (Å²) in [5, 5.41) is 0. The highest BCUT2D eigenvalue weighted by Gasteiger charge is 2.42. The molecule has 2 rings (SSSR count). The molecule has 116 valence electrons. The van der Waals surface area contributed by atoms with E-state index in [0.29, 0.717) is 5.56 Å². The molecule has 1 fully saturated rings. The third-order valence-corrected chi connectivity index (χ3v) is 4.42. The van der Waals surface area contributed by atoms with Crippen LogP contribution in [0, 0.1) is 0 Å². The highest BCUT2D eigenvalue weighted by molar-refractivity contribution is 5.90. The van der Waals surface area contributed by atoms with E-state index in [1.54, 1.807) is 6.07 Å². The zero-order valence-corrected chi connectivity index (χ0v) is 12.3. The highest BCUT2D eigenvalue weighted by Crippen LogP contribution is 2.36. The minimum atomic E-state index is -4.37. The lowest BCUT2D eigenvalue weighted by atomic mass is 9.86. The summed E-state index contributed by atoms with van der Waals surface area (Å²) in [7, 11) is 3.74. The van der Waals surface area contributed by atoms with E-state index in [9.17, 15) is 18.0 Å². The molecule has 21 heavy (non-hydrogen) atoms. The monoisotopic (exact) mass is 299 g/mol. The van der Waals surface area contributed by atoms with Crippen molar-refractivity contribution in [3.8, 4) is 0 Å². The molecule has 0 saturated heterocycles. The van der Waals surface area contributed by atoms with Gasteiger partial charge < -0.3 is 0 Å². The third-order valence-electron chi connectivity index (χ3n) is 4.42. The van der Waals surface area contributed by atoms with Crippen LogP contribution in [-0.2, 0) is 17.4 Å². The Morgan fingerprint density at radius 3 is 2.38 bits per heavy atom. The molecule has 1 aromatic carbocycles. The lowest BCUT2D eigenvalue weighted by Gasteiger charge is -2.34. The summed E-state index contributed by atoms with van der Waals surface area (Å²) in [5.74, 6) is 0.0179. The van der Waals surface area contributed by atoms with Crippen molar-refractivity contribution in [1.29, 1.82) is 0 Å². The van der Waals surface area contributed by atoms with Crippen LogP contribution in [0.25, 0.3) is 0 Å². The molecule has 0 aliphatic heterocycles. The number of carbonyl (C=O) groups is 1. The third kappa shape index (κ3) is 3.28. The van der Waals surface area contributed by atoms with Crippen molar-refractivity contribution < 1.29 is 18.0 Å². The molecule has 1 aromatic rings. The summed E-state index contributed by atoms with van der Waals surface area (Å²) < 4.78 is 38.2. The second-order valence-corrected chi connectivity index (χ2v) is 5.93. The van der Waals surface area contributed by atoms with Gasteiger partial charge in [-0.15, -0.1) is 0 Å². The largest absolute Gasteiger partial charge is 0.416 e. The Morgan fingerprint density at radius 2 is 1.86 bits per heavy atom. The molecule has 0 bridgehead atoms. The van der Waals surface area contributed by atoms with Crippen LogP contribution in [-0.4, -0.2) is 30.3 Å². The number of carbonyl (C=O) groups excluding carboxylic acids is 1. The lowest BCUT2D eigenvalue weighted by Crippen LogP contribution is -2.49. The molecule has 1 aliphatic rings. The molecule has 5 heteroatoms. The normalized spacial score (nSPS) is 18.2. The summed E-state index contributed by atoms with van der Waals surface area (Å²) in [5.41, 5.74) is -0.769. The standard InChI is InChI=1S/C16H20F3NO/c1-20(2)15(8-3-4-9-15)14(21)11-12-6-5-7-13(10-12)16(17,18)19/h5-7,10H,3-4,8-9,11H2,1-2H3. The van der Waals surface area contributed by atoms with E-state index >= 15 is 0 Å². The SMILES string of the molecule is CN(C)C1(C(=O)Cc2cccc(C(F)(F)F)c2)CCCC1. The zero-order valence-electron chi connectivity index (χ0n) is 12.3. The van der Waals surface area contributed by atoms with Crippen LogP contribution >= 0.6 is 0 Å². The van der Waals surface area contributed by atoms with Gasteiger partial charge in [-0.1, -0.05) is 31.0 Å². The zero-order chi connectivity index (χ0) is 15.7. The number of hydrogen-bond donors (Lipinski definition) is 0. The lowest BCUT2D eigenvalue weighted by molar-refractivity contribution is -0.137. The van der Waals surface area contributed by atoms with Gasteiger partial charge in [0.15, 0.2) is 5.78 Å². The van der Waals surface area contributed by atoms with E-state index in [1.807, 2.05) is 19.0 Å². The van der Waals surface area contributed by atoms with E-state index in [1.165, 1.54) is 6.07 Å². The van der Waals surface area contributed by atoms with Crippen molar-refractivity contribution >= 4 is 5.78 Å². The summed E-state index contributed by atoms with van der Waals surface area (Å²) in [6.45, 7) is 0. The van der Waals surface area contributed by atoms with Gasteiger partial charge in [0, 0.05) is 6.42 Å². The predicted molar refractivity (Wildman–Crippen MR) is 75.0 cm³/mol. The number of rotatable bonds is 4. The number of ketones is 1. The molecule has 0 N–H and O–H groups in total. The van der Waals surface area contributed by atoms with Crippen molar-refractivity contribution in [2.24, 2.45) is 0 Å². The van der Waals surface area contributed by atoms with Gasteiger partial charge in [-0.05, 0) is 38.6 Å². The molecule has 1 saturated carbocycles. The van der Waals surface area contributed by atoms with E-state index < -0.39 is 17.3 Å². The van der Waals surface area contributed by atoms with E-state index in [4.69, 9.17) is 0 Å². The summed E-state index contributed by atoms with van der Waals surface area (Å²) in [6, 6.07) is 5.06. The summed E-state index contributed by atoms with van der Waals surface area (Å²) in [6.07, 6.45) is -0.748. The van der Waals surface area contributed by atoms with Crippen LogP contribution in [0.4, 0.5) is 13.2 Å². The van der Waals surface area contributed by atoms with E-state index in [-0.39, 0.29) is 12.2 Å². The number of halogens is 3. The Bertz CT molecular complexity index is 516. The fourth-order valence-electron chi connectivity index (χ4n) is 3.14. The van der Waals surface area contributed by atoms with Crippen LogP contribution in [0.2, 0.25) is 0 Å². The Hall–Kier alpha value is -1.36. The smallest absolute Gasteiger partial charge is 0.297 e. The first-order valence-electron chi connectivity index (χ1n) is 7.12. The Kier molecular flexibility index (Phi) is 4.42. The Morgan fingerprint density at radius 1 is 1.24 bits per heavy atom. The first-order valence-corrected chi connectivity index (χ1v) is 7.12. The molecule has 0 unspecified atom stereocenters. The van der Waals surface area contributed by atoms with Crippen LogP contribution < -0.4 is 0 Å². The number of alkyl halides is 3. The van der Waals surface area contributed by atoms with E-state index in [2.05, 4.69) is 0 Å². The van der Waals surface area contributed by atoms with Crippen molar-refractivity contribution in [2.45, 2.75) is 43.8 Å². The molecule has 0 radical (unpaired) electrons. The molecule has 0 aromatic heterocycles. The minimum absolute atomic E-state index is 0.0179. The molecule has 0 atom stereocenters.